The van der Waals surface area contributed by atoms with Gasteiger partial charge in [-0.25, -0.2) is 4.79 Å². The van der Waals surface area contributed by atoms with E-state index < -0.39 is 0 Å². The topological polar surface area (TPSA) is 87.5 Å². The summed E-state index contributed by atoms with van der Waals surface area (Å²) in [5.74, 6) is 0.547. The molecule has 2 unspecified atom stereocenters. The minimum Gasteiger partial charge on any atom is -0.352 e. The zero-order chi connectivity index (χ0) is 16.2. The van der Waals surface area contributed by atoms with Crippen LogP contribution in [0.4, 0.5) is 4.79 Å². The van der Waals surface area contributed by atoms with E-state index >= 15 is 0 Å². The number of nitrogens with zero attached hydrogens (tertiary/aromatic N) is 1. The number of likely N-dealkylation sites (tertiary alicyclic amines) is 1. The first kappa shape index (κ1) is 19.3. The second kappa shape index (κ2) is 8.90. The van der Waals surface area contributed by atoms with Crippen molar-refractivity contribution in [3.63, 3.8) is 0 Å². The van der Waals surface area contributed by atoms with Gasteiger partial charge < -0.3 is 21.3 Å². The summed E-state index contributed by atoms with van der Waals surface area (Å²) in [6.45, 7) is 1.80. The number of piperidine rings is 1. The highest BCUT2D eigenvalue weighted by Gasteiger charge is 2.34. The molecule has 3 fully saturated rings. The summed E-state index contributed by atoms with van der Waals surface area (Å²) in [7, 11) is 0. The molecule has 138 valence electrons. The maximum atomic E-state index is 12.5. The molecule has 2 atom stereocenters. The van der Waals surface area contributed by atoms with E-state index in [-0.39, 0.29) is 36.3 Å². The van der Waals surface area contributed by atoms with Crippen molar-refractivity contribution < 1.29 is 9.59 Å². The molecule has 1 heterocycles. The Morgan fingerprint density at radius 1 is 1.08 bits per heavy atom. The van der Waals surface area contributed by atoms with E-state index in [9.17, 15) is 9.59 Å². The number of hydrogen-bond donors (Lipinski definition) is 3. The van der Waals surface area contributed by atoms with Gasteiger partial charge in [-0.3, -0.25) is 4.79 Å². The molecule has 0 aromatic rings. The van der Waals surface area contributed by atoms with E-state index in [1.807, 2.05) is 4.90 Å². The number of rotatable bonds is 5. The summed E-state index contributed by atoms with van der Waals surface area (Å²) in [4.78, 5) is 26.7. The predicted molar refractivity (Wildman–Crippen MR) is 96.0 cm³/mol. The standard InChI is InChI=1S/C17H30N4O2.ClH/c18-10-15(12-7-8-12)20-16(22)13-4-3-9-21(11-13)17(23)19-14-5-1-2-6-14;/h12-15H,1-11,18H2,(H,19,23)(H,20,22);1H. The highest BCUT2D eigenvalue weighted by Crippen LogP contribution is 2.32. The average molecular weight is 359 g/mol. The highest BCUT2D eigenvalue weighted by atomic mass is 35.5. The van der Waals surface area contributed by atoms with E-state index in [1.165, 1.54) is 25.7 Å². The molecule has 3 aliphatic rings. The molecule has 1 saturated heterocycles. The summed E-state index contributed by atoms with van der Waals surface area (Å²) < 4.78 is 0. The average Bonchev–Trinajstić information content (AvgIpc) is 3.29. The van der Waals surface area contributed by atoms with Gasteiger partial charge in [0, 0.05) is 31.7 Å². The van der Waals surface area contributed by atoms with Gasteiger partial charge in [0.05, 0.1) is 5.92 Å². The monoisotopic (exact) mass is 358 g/mol. The first-order valence-corrected chi connectivity index (χ1v) is 9.23. The van der Waals surface area contributed by atoms with Gasteiger partial charge in [-0.05, 0) is 44.4 Å². The molecule has 3 amide bonds. The molecular formula is C17H31ClN4O2. The lowest BCUT2D eigenvalue weighted by molar-refractivity contribution is -0.127. The van der Waals surface area contributed by atoms with Crippen molar-refractivity contribution in [1.82, 2.24) is 15.5 Å². The van der Waals surface area contributed by atoms with E-state index in [0.717, 1.165) is 32.2 Å². The molecule has 6 nitrogen and oxygen atoms in total. The maximum absolute atomic E-state index is 12.5. The van der Waals surface area contributed by atoms with Gasteiger partial charge in [-0.1, -0.05) is 12.8 Å². The van der Waals surface area contributed by atoms with E-state index in [2.05, 4.69) is 10.6 Å². The van der Waals surface area contributed by atoms with Crippen LogP contribution in [0.2, 0.25) is 0 Å². The van der Waals surface area contributed by atoms with Crippen LogP contribution in [0.5, 0.6) is 0 Å². The molecule has 0 bridgehead atoms. The predicted octanol–water partition coefficient (Wildman–Crippen LogP) is 1.63. The Kier molecular flexibility index (Phi) is 7.16. The summed E-state index contributed by atoms with van der Waals surface area (Å²) >= 11 is 0. The number of nitrogens with one attached hydrogen (secondary N) is 2. The van der Waals surface area contributed by atoms with Crippen LogP contribution in [0.25, 0.3) is 0 Å². The molecule has 0 spiro atoms. The fraction of sp³-hybridized carbons (Fsp3) is 0.882. The zero-order valence-electron chi connectivity index (χ0n) is 14.3. The van der Waals surface area contributed by atoms with Gasteiger partial charge in [0.2, 0.25) is 5.91 Å². The smallest absolute Gasteiger partial charge is 0.317 e. The van der Waals surface area contributed by atoms with Crippen LogP contribution in [-0.2, 0) is 4.79 Å². The Balaban J connectivity index is 0.00000208. The van der Waals surface area contributed by atoms with Gasteiger partial charge in [-0.15, -0.1) is 12.4 Å². The SMILES string of the molecule is Cl.NCC(NC(=O)C1CCCN(C(=O)NC2CCCC2)C1)C1CC1. The number of amides is 3. The third kappa shape index (κ3) is 4.99. The molecule has 2 saturated carbocycles. The van der Waals surface area contributed by atoms with Crippen molar-refractivity contribution in [1.29, 1.82) is 0 Å². The van der Waals surface area contributed by atoms with Crippen LogP contribution in [-0.4, -0.2) is 48.6 Å². The van der Waals surface area contributed by atoms with Crippen LogP contribution in [0, 0.1) is 11.8 Å². The number of hydrogen-bond acceptors (Lipinski definition) is 3. The number of halogens is 1. The Bertz CT molecular complexity index is 438. The second-order valence-corrected chi connectivity index (χ2v) is 7.40. The molecule has 24 heavy (non-hydrogen) atoms. The summed E-state index contributed by atoms with van der Waals surface area (Å²) in [6, 6.07) is 0.449. The van der Waals surface area contributed by atoms with E-state index in [1.54, 1.807) is 0 Å². The molecule has 4 N–H and O–H groups in total. The lowest BCUT2D eigenvalue weighted by atomic mass is 9.96. The normalized spacial score (nSPS) is 25.7. The quantitative estimate of drug-likeness (QED) is 0.698. The number of nitrogens with two attached hydrogens (primary N) is 1. The summed E-state index contributed by atoms with van der Waals surface area (Å²) in [5, 5.41) is 6.23. The van der Waals surface area contributed by atoms with Crippen LogP contribution in [0.3, 0.4) is 0 Å². The van der Waals surface area contributed by atoms with Crippen molar-refractivity contribution in [2.45, 2.75) is 63.5 Å². The fourth-order valence-electron chi connectivity index (χ4n) is 3.88. The molecule has 7 heteroatoms. The second-order valence-electron chi connectivity index (χ2n) is 7.40. The third-order valence-corrected chi connectivity index (χ3v) is 5.53. The van der Waals surface area contributed by atoms with Crippen LogP contribution >= 0.6 is 12.4 Å². The van der Waals surface area contributed by atoms with Crippen molar-refractivity contribution in [2.75, 3.05) is 19.6 Å². The Morgan fingerprint density at radius 2 is 1.79 bits per heavy atom. The third-order valence-electron chi connectivity index (χ3n) is 5.53. The number of carbonyl (C=O) groups excluding carboxylic acids is 2. The van der Waals surface area contributed by atoms with E-state index in [0.29, 0.717) is 25.0 Å². The Morgan fingerprint density at radius 3 is 2.42 bits per heavy atom. The minimum absolute atomic E-state index is 0. The van der Waals surface area contributed by atoms with Crippen molar-refractivity contribution in [3.8, 4) is 0 Å². The molecule has 3 rings (SSSR count). The largest absolute Gasteiger partial charge is 0.352 e. The van der Waals surface area contributed by atoms with Crippen molar-refractivity contribution in [2.24, 2.45) is 17.6 Å². The Hall–Kier alpha value is -1.01. The summed E-state index contributed by atoms with van der Waals surface area (Å²) in [5.41, 5.74) is 5.77. The van der Waals surface area contributed by atoms with Crippen LogP contribution in [0.1, 0.15) is 51.4 Å². The van der Waals surface area contributed by atoms with Crippen LogP contribution in [0.15, 0.2) is 0 Å². The number of carbonyl (C=O) groups is 2. The van der Waals surface area contributed by atoms with Crippen LogP contribution < -0.4 is 16.4 Å². The van der Waals surface area contributed by atoms with Gasteiger partial charge in [0.15, 0.2) is 0 Å². The number of urea groups is 1. The lowest BCUT2D eigenvalue weighted by Crippen LogP contribution is -2.52. The molecule has 0 aromatic heterocycles. The first-order chi connectivity index (χ1) is 11.2. The molecule has 0 radical (unpaired) electrons. The summed E-state index contributed by atoms with van der Waals surface area (Å²) in [6.07, 6.45) is 8.68. The molecular weight excluding hydrogens is 328 g/mol. The first-order valence-electron chi connectivity index (χ1n) is 9.23. The minimum atomic E-state index is -0.0918. The Labute approximate surface area is 150 Å². The maximum Gasteiger partial charge on any atom is 0.317 e. The molecule has 1 aliphatic heterocycles. The lowest BCUT2D eigenvalue weighted by Gasteiger charge is -2.33. The fourth-order valence-corrected chi connectivity index (χ4v) is 3.88. The van der Waals surface area contributed by atoms with Gasteiger partial charge in [0.1, 0.15) is 0 Å². The van der Waals surface area contributed by atoms with E-state index in [4.69, 9.17) is 5.73 Å². The molecule has 0 aromatic carbocycles. The van der Waals surface area contributed by atoms with Gasteiger partial charge in [-0.2, -0.15) is 0 Å². The highest BCUT2D eigenvalue weighted by molar-refractivity contribution is 5.85. The van der Waals surface area contributed by atoms with Crippen molar-refractivity contribution >= 4 is 24.3 Å². The molecule has 2 aliphatic carbocycles. The van der Waals surface area contributed by atoms with Gasteiger partial charge >= 0.3 is 6.03 Å². The van der Waals surface area contributed by atoms with Crippen molar-refractivity contribution in [3.05, 3.63) is 0 Å². The van der Waals surface area contributed by atoms with Gasteiger partial charge in [0.25, 0.3) is 0 Å². The zero-order valence-corrected chi connectivity index (χ0v) is 15.2.